The third-order valence-corrected chi connectivity index (χ3v) is 3.57. The molecule has 0 aliphatic rings. The maximum absolute atomic E-state index is 8.81. The summed E-state index contributed by atoms with van der Waals surface area (Å²) in [6.07, 6.45) is 0.984. The van der Waals surface area contributed by atoms with E-state index in [1.807, 2.05) is 12.1 Å². The average Bonchev–Trinajstić information content (AvgIpc) is 2.82. The fourth-order valence-electron chi connectivity index (χ4n) is 1.82. The molecule has 1 heterocycles. The number of hydrogen-bond donors (Lipinski definition) is 2. The molecule has 3 nitrogen and oxygen atoms in total. The van der Waals surface area contributed by atoms with Crippen LogP contribution < -0.4 is 11.1 Å². The molecule has 0 fully saturated rings. The minimum Gasteiger partial charge on any atom is -0.398 e. The lowest BCUT2D eigenvalue weighted by Gasteiger charge is -2.15. The van der Waals surface area contributed by atoms with Crippen LogP contribution in [0.4, 0.5) is 11.4 Å². The van der Waals surface area contributed by atoms with Gasteiger partial charge in [-0.15, -0.1) is 11.3 Å². The molecule has 0 aliphatic carbocycles. The lowest BCUT2D eigenvalue weighted by Crippen LogP contribution is -2.17. The Hall–Kier alpha value is -1.99. The molecule has 2 aromatic rings. The molecule has 1 aromatic heterocycles. The van der Waals surface area contributed by atoms with Crippen LogP contribution in [0.15, 0.2) is 35.7 Å². The van der Waals surface area contributed by atoms with Crippen molar-refractivity contribution in [3.63, 3.8) is 0 Å². The van der Waals surface area contributed by atoms with Gasteiger partial charge in [0.15, 0.2) is 0 Å². The van der Waals surface area contributed by atoms with Gasteiger partial charge < -0.3 is 11.1 Å². The second kappa shape index (κ2) is 5.56. The summed E-state index contributed by atoms with van der Waals surface area (Å²) < 4.78 is 0. The highest BCUT2D eigenvalue weighted by atomic mass is 32.1. The number of nitriles is 1. The predicted octanol–water partition coefficient (Wildman–Crippen LogP) is 3.25. The molecule has 1 unspecified atom stereocenters. The highest BCUT2D eigenvalue weighted by Crippen LogP contribution is 2.19. The first kappa shape index (κ1) is 12.5. The van der Waals surface area contributed by atoms with E-state index in [1.54, 1.807) is 17.4 Å². The predicted molar refractivity (Wildman–Crippen MR) is 76.7 cm³/mol. The van der Waals surface area contributed by atoms with Crippen molar-refractivity contribution in [3.05, 3.63) is 46.2 Å². The molecule has 18 heavy (non-hydrogen) atoms. The second-order valence-corrected chi connectivity index (χ2v) is 5.27. The maximum Gasteiger partial charge on any atom is 0.101 e. The first-order chi connectivity index (χ1) is 8.69. The molecule has 0 spiro atoms. The summed E-state index contributed by atoms with van der Waals surface area (Å²) in [6, 6.07) is 12.0. The van der Waals surface area contributed by atoms with Crippen LogP contribution in [0.5, 0.6) is 0 Å². The molecule has 0 saturated carbocycles. The summed E-state index contributed by atoms with van der Waals surface area (Å²) >= 11 is 1.76. The SMILES string of the molecule is CC(Cc1cccs1)Nc1ccc(C#N)c(N)c1. The van der Waals surface area contributed by atoms with E-state index in [-0.39, 0.29) is 0 Å². The van der Waals surface area contributed by atoms with Crippen molar-refractivity contribution < 1.29 is 0 Å². The minimum absolute atomic E-state index is 0.330. The molecule has 0 aliphatic heterocycles. The number of rotatable bonds is 4. The van der Waals surface area contributed by atoms with Crippen LogP contribution >= 0.6 is 11.3 Å². The Morgan fingerprint density at radius 3 is 2.89 bits per heavy atom. The number of nitrogens with zero attached hydrogens (tertiary/aromatic N) is 1. The van der Waals surface area contributed by atoms with E-state index in [0.29, 0.717) is 17.3 Å². The van der Waals surface area contributed by atoms with Crippen molar-refractivity contribution >= 4 is 22.7 Å². The quantitative estimate of drug-likeness (QED) is 0.826. The fourth-order valence-corrected chi connectivity index (χ4v) is 2.66. The summed E-state index contributed by atoms with van der Waals surface area (Å²) in [6.45, 7) is 2.13. The Kier molecular flexibility index (Phi) is 3.85. The van der Waals surface area contributed by atoms with E-state index < -0.39 is 0 Å². The molecule has 0 amide bonds. The highest BCUT2D eigenvalue weighted by Gasteiger charge is 2.06. The van der Waals surface area contributed by atoms with Crippen LogP contribution in [0, 0.1) is 11.3 Å². The van der Waals surface area contributed by atoms with E-state index in [9.17, 15) is 0 Å². The number of nitrogen functional groups attached to an aromatic ring is 1. The molecule has 4 heteroatoms. The molecule has 0 bridgehead atoms. The summed E-state index contributed by atoms with van der Waals surface area (Å²) in [5.41, 5.74) is 7.78. The van der Waals surface area contributed by atoms with E-state index >= 15 is 0 Å². The minimum atomic E-state index is 0.330. The number of thiophene rings is 1. The van der Waals surface area contributed by atoms with Crippen LogP contribution in [0.2, 0.25) is 0 Å². The second-order valence-electron chi connectivity index (χ2n) is 4.24. The van der Waals surface area contributed by atoms with E-state index in [2.05, 4.69) is 35.8 Å². The largest absolute Gasteiger partial charge is 0.398 e. The Labute approximate surface area is 111 Å². The van der Waals surface area contributed by atoms with Gasteiger partial charge in [-0.25, -0.2) is 0 Å². The van der Waals surface area contributed by atoms with Crippen molar-refractivity contribution in [2.24, 2.45) is 0 Å². The van der Waals surface area contributed by atoms with Gasteiger partial charge >= 0.3 is 0 Å². The Morgan fingerprint density at radius 2 is 2.28 bits per heavy atom. The lowest BCUT2D eigenvalue weighted by molar-refractivity contribution is 0.801. The molecular weight excluding hydrogens is 242 g/mol. The van der Waals surface area contributed by atoms with Gasteiger partial charge in [-0.2, -0.15) is 5.26 Å². The highest BCUT2D eigenvalue weighted by molar-refractivity contribution is 7.09. The normalized spacial score (nSPS) is 11.8. The smallest absolute Gasteiger partial charge is 0.101 e. The van der Waals surface area contributed by atoms with E-state index in [4.69, 9.17) is 11.0 Å². The van der Waals surface area contributed by atoms with Crippen molar-refractivity contribution in [2.45, 2.75) is 19.4 Å². The average molecular weight is 257 g/mol. The van der Waals surface area contributed by atoms with Crippen LogP contribution in [0.3, 0.4) is 0 Å². The first-order valence-electron chi connectivity index (χ1n) is 5.77. The third-order valence-electron chi connectivity index (χ3n) is 2.67. The van der Waals surface area contributed by atoms with Gasteiger partial charge in [-0.3, -0.25) is 0 Å². The van der Waals surface area contributed by atoms with E-state index in [1.165, 1.54) is 4.88 Å². The Morgan fingerprint density at radius 1 is 1.44 bits per heavy atom. The number of benzene rings is 1. The van der Waals surface area contributed by atoms with Crippen molar-refractivity contribution in [2.75, 3.05) is 11.1 Å². The Balaban J connectivity index is 2.01. The van der Waals surface area contributed by atoms with Crippen molar-refractivity contribution in [1.29, 1.82) is 5.26 Å². The lowest BCUT2D eigenvalue weighted by atomic mass is 10.1. The summed E-state index contributed by atoms with van der Waals surface area (Å²) in [7, 11) is 0. The zero-order valence-electron chi connectivity index (χ0n) is 10.2. The first-order valence-corrected chi connectivity index (χ1v) is 6.65. The topological polar surface area (TPSA) is 61.8 Å². The van der Waals surface area contributed by atoms with Gasteiger partial charge in [0.25, 0.3) is 0 Å². The molecule has 1 atom stereocenters. The third kappa shape index (κ3) is 3.02. The van der Waals surface area contributed by atoms with Gasteiger partial charge in [0, 0.05) is 23.0 Å². The van der Waals surface area contributed by atoms with E-state index in [0.717, 1.165) is 12.1 Å². The molecule has 0 radical (unpaired) electrons. The zero-order chi connectivity index (χ0) is 13.0. The number of anilines is 2. The monoisotopic (exact) mass is 257 g/mol. The van der Waals surface area contributed by atoms with Gasteiger partial charge in [0.05, 0.1) is 11.3 Å². The number of nitrogens with one attached hydrogen (secondary N) is 1. The number of hydrogen-bond acceptors (Lipinski definition) is 4. The summed E-state index contributed by atoms with van der Waals surface area (Å²) in [4.78, 5) is 1.36. The van der Waals surface area contributed by atoms with Gasteiger partial charge in [-0.1, -0.05) is 6.07 Å². The molecule has 92 valence electrons. The van der Waals surface area contributed by atoms with Gasteiger partial charge in [-0.05, 0) is 36.6 Å². The molecular formula is C14H15N3S. The number of nitrogens with two attached hydrogens (primary N) is 1. The van der Waals surface area contributed by atoms with Gasteiger partial charge in [0.2, 0.25) is 0 Å². The van der Waals surface area contributed by atoms with Gasteiger partial charge in [0.1, 0.15) is 6.07 Å². The zero-order valence-corrected chi connectivity index (χ0v) is 11.0. The summed E-state index contributed by atoms with van der Waals surface area (Å²) in [5.74, 6) is 0. The Bertz CT molecular complexity index is 555. The van der Waals surface area contributed by atoms with Crippen LogP contribution in [-0.4, -0.2) is 6.04 Å². The molecule has 1 aromatic carbocycles. The van der Waals surface area contributed by atoms with Crippen LogP contribution in [0.25, 0.3) is 0 Å². The van der Waals surface area contributed by atoms with Crippen molar-refractivity contribution in [1.82, 2.24) is 0 Å². The van der Waals surface area contributed by atoms with Crippen molar-refractivity contribution in [3.8, 4) is 6.07 Å². The molecule has 0 saturated heterocycles. The maximum atomic E-state index is 8.81. The van der Waals surface area contributed by atoms with Crippen LogP contribution in [-0.2, 0) is 6.42 Å². The fraction of sp³-hybridized carbons (Fsp3) is 0.214. The summed E-state index contributed by atoms with van der Waals surface area (Å²) in [5, 5.41) is 14.3. The molecule has 2 rings (SSSR count). The van der Waals surface area contributed by atoms with Crippen LogP contribution in [0.1, 0.15) is 17.4 Å². The molecule has 3 N–H and O–H groups in total. The standard InChI is InChI=1S/C14H15N3S/c1-10(7-13-3-2-6-18-13)17-12-5-4-11(9-15)14(16)8-12/h2-6,8,10,17H,7,16H2,1H3.